The first kappa shape index (κ1) is 12.6. The molecule has 0 saturated carbocycles. The molecule has 1 heterocycles. The van der Waals surface area contributed by atoms with Gasteiger partial charge in [-0.25, -0.2) is 9.18 Å². The second-order valence-electron chi connectivity index (χ2n) is 4.18. The number of aromatic nitrogens is 1. The van der Waals surface area contributed by atoms with Gasteiger partial charge in [0.1, 0.15) is 5.82 Å². The van der Waals surface area contributed by atoms with Crippen molar-refractivity contribution in [1.82, 2.24) is 4.98 Å². The summed E-state index contributed by atoms with van der Waals surface area (Å²) in [5.74, 6) is -1.51. The molecule has 0 bridgehead atoms. The standard InChI is InChI=1S/C14H7ClFNO3/c15-9-5-7(1-3-10(9)16)13(18)8-2-4-11-12(6-8)20-14(19)17-11/h1-6H,(H,17,19). The van der Waals surface area contributed by atoms with Gasteiger partial charge in [-0.3, -0.25) is 9.78 Å². The lowest BCUT2D eigenvalue weighted by Gasteiger charge is -2.02. The number of carbonyl (C=O) groups is 1. The number of fused-ring (bicyclic) bond motifs is 1. The van der Waals surface area contributed by atoms with E-state index in [9.17, 15) is 14.0 Å². The Balaban J connectivity index is 2.07. The summed E-state index contributed by atoms with van der Waals surface area (Å²) in [6.45, 7) is 0. The molecule has 3 aromatic rings. The molecule has 0 aliphatic rings. The van der Waals surface area contributed by atoms with Gasteiger partial charge in [-0.15, -0.1) is 0 Å². The van der Waals surface area contributed by atoms with E-state index in [4.69, 9.17) is 16.0 Å². The lowest BCUT2D eigenvalue weighted by Crippen LogP contribution is -2.01. The van der Waals surface area contributed by atoms with Crippen molar-refractivity contribution in [2.24, 2.45) is 0 Å². The van der Waals surface area contributed by atoms with Crippen molar-refractivity contribution >= 4 is 28.5 Å². The monoisotopic (exact) mass is 291 g/mol. The summed E-state index contributed by atoms with van der Waals surface area (Å²) in [6.07, 6.45) is 0. The molecule has 0 fully saturated rings. The quantitative estimate of drug-likeness (QED) is 0.738. The van der Waals surface area contributed by atoms with Crippen molar-refractivity contribution in [2.45, 2.75) is 0 Å². The third kappa shape index (κ3) is 2.12. The van der Waals surface area contributed by atoms with E-state index in [0.717, 1.165) is 6.07 Å². The maximum absolute atomic E-state index is 13.1. The fraction of sp³-hybridized carbons (Fsp3) is 0. The summed E-state index contributed by atoms with van der Waals surface area (Å²) in [6, 6.07) is 8.31. The fourth-order valence-corrected chi connectivity index (χ4v) is 2.07. The minimum Gasteiger partial charge on any atom is -0.408 e. The summed E-state index contributed by atoms with van der Waals surface area (Å²) in [5, 5.41) is -0.120. The second kappa shape index (κ2) is 4.61. The van der Waals surface area contributed by atoms with Gasteiger partial charge in [0.05, 0.1) is 10.5 Å². The number of hydrogen-bond donors (Lipinski definition) is 1. The zero-order valence-electron chi connectivity index (χ0n) is 9.94. The summed E-state index contributed by atoms with van der Waals surface area (Å²) in [5.41, 5.74) is 1.37. The lowest BCUT2D eigenvalue weighted by atomic mass is 10.0. The Labute approximate surface area is 116 Å². The van der Waals surface area contributed by atoms with Crippen LogP contribution in [0.1, 0.15) is 15.9 Å². The van der Waals surface area contributed by atoms with Crippen LogP contribution in [0.2, 0.25) is 5.02 Å². The summed E-state index contributed by atoms with van der Waals surface area (Å²) in [4.78, 5) is 25.8. The van der Waals surface area contributed by atoms with E-state index in [1.807, 2.05) is 0 Å². The lowest BCUT2D eigenvalue weighted by molar-refractivity contribution is 0.103. The second-order valence-corrected chi connectivity index (χ2v) is 4.59. The third-order valence-electron chi connectivity index (χ3n) is 2.86. The first-order valence-corrected chi connectivity index (χ1v) is 6.05. The van der Waals surface area contributed by atoms with Gasteiger partial charge in [-0.2, -0.15) is 0 Å². The van der Waals surface area contributed by atoms with Crippen molar-refractivity contribution in [1.29, 1.82) is 0 Å². The molecule has 0 unspecified atom stereocenters. The first-order valence-electron chi connectivity index (χ1n) is 5.67. The Morgan fingerprint density at radius 1 is 1.15 bits per heavy atom. The number of rotatable bonds is 2. The number of hydrogen-bond acceptors (Lipinski definition) is 3. The molecular weight excluding hydrogens is 285 g/mol. The maximum Gasteiger partial charge on any atom is 0.417 e. The van der Waals surface area contributed by atoms with Crippen LogP contribution in [0.25, 0.3) is 11.1 Å². The van der Waals surface area contributed by atoms with E-state index in [1.54, 1.807) is 12.1 Å². The van der Waals surface area contributed by atoms with Gasteiger partial charge in [0.15, 0.2) is 11.4 Å². The highest BCUT2D eigenvalue weighted by molar-refractivity contribution is 6.31. The Morgan fingerprint density at radius 2 is 1.85 bits per heavy atom. The number of halogens is 2. The van der Waals surface area contributed by atoms with E-state index in [1.165, 1.54) is 18.2 Å². The molecule has 1 N–H and O–H groups in total. The normalized spacial score (nSPS) is 10.9. The molecule has 2 aromatic carbocycles. The SMILES string of the molecule is O=C(c1ccc(F)c(Cl)c1)c1ccc2[nH]c(=O)oc2c1. The molecule has 0 aliphatic carbocycles. The Kier molecular flexibility index (Phi) is 2.91. The Bertz CT molecular complexity index is 882. The van der Waals surface area contributed by atoms with E-state index in [2.05, 4.69) is 4.98 Å². The molecule has 0 radical (unpaired) electrons. The van der Waals surface area contributed by atoms with Crippen molar-refractivity contribution in [3.8, 4) is 0 Å². The van der Waals surface area contributed by atoms with Crippen LogP contribution in [0.3, 0.4) is 0 Å². The van der Waals surface area contributed by atoms with Crippen LogP contribution in [-0.4, -0.2) is 10.8 Å². The predicted molar refractivity (Wildman–Crippen MR) is 71.7 cm³/mol. The fourth-order valence-electron chi connectivity index (χ4n) is 1.89. The smallest absolute Gasteiger partial charge is 0.408 e. The number of aromatic amines is 1. The molecule has 6 heteroatoms. The van der Waals surface area contributed by atoms with Crippen molar-refractivity contribution in [2.75, 3.05) is 0 Å². The van der Waals surface area contributed by atoms with Gasteiger partial charge < -0.3 is 4.42 Å². The minimum atomic E-state index is -0.588. The zero-order chi connectivity index (χ0) is 14.3. The number of ketones is 1. The average molecular weight is 292 g/mol. The summed E-state index contributed by atoms with van der Waals surface area (Å²) < 4.78 is 18.0. The topological polar surface area (TPSA) is 63.1 Å². The highest BCUT2D eigenvalue weighted by Crippen LogP contribution is 2.20. The van der Waals surface area contributed by atoms with Gasteiger partial charge in [0.2, 0.25) is 0 Å². The van der Waals surface area contributed by atoms with Crippen molar-refractivity contribution in [3.63, 3.8) is 0 Å². The molecule has 4 nitrogen and oxygen atoms in total. The number of oxazole rings is 1. The van der Waals surface area contributed by atoms with E-state index in [-0.39, 0.29) is 22.0 Å². The minimum absolute atomic E-state index is 0.120. The van der Waals surface area contributed by atoms with Crippen LogP contribution in [0.5, 0.6) is 0 Å². The molecule has 1 aromatic heterocycles. The largest absolute Gasteiger partial charge is 0.417 e. The molecule has 20 heavy (non-hydrogen) atoms. The molecule has 0 amide bonds. The van der Waals surface area contributed by atoms with Gasteiger partial charge in [0, 0.05) is 11.1 Å². The molecular formula is C14H7ClFNO3. The first-order chi connectivity index (χ1) is 9.54. The average Bonchev–Trinajstić information content (AvgIpc) is 2.80. The molecule has 3 rings (SSSR count). The Hall–Kier alpha value is -2.40. The Morgan fingerprint density at radius 3 is 2.60 bits per heavy atom. The zero-order valence-corrected chi connectivity index (χ0v) is 10.7. The van der Waals surface area contributed by atoms with Crippen molar-refractivity contribution in [3.05, 3.63) is 68.9 Å². The highest BCUT2D eigenvalue weighted by Gasteiger charge is 2.13. The molecule has 100 valence electrons. The van der Waals surface area contributed by atoms with Gasteiger partial charge in [0.25, 0.3) is 0 Å². The summed E-state index contributed by atoms with van der Waals surface area (Å²) in [7, 11) is 0. The van der Waals surface area contributed by atoms with Gasteiger partial charge in [-0.1, -0.05) is 11.6 Å². The molecule has 0 spiro atoms. The van der Waals surface area contributed by atoms with Crippen LogP contribution in [0.15, 0.2) is 45.6 Å². The highest BCUT2D eigenvalue weighted by atomic mass is 35.5. The van der Waals surface area contributed by atoms with Crippen LogP contribution in [-0.2, 0) is 0 Å². The van der Waals surface area contributed by atoms with Crippen LogP contribution in [0.4, 0.5) is 4.39 Å². The molecule has 0 saturated heterocycles. The number of nitrogens with one attached hydrogen (secondary N) is 1. The van der Waals surface area contributed by atoms with Gasteiger partial charge >= 0.3 is 5.76 Å². The van der Waals surface area contributed by atoms with E-state index >= 15 is 0 Å². The van der Waals surface area contributed by atoms with E-state index in [0.29, 0.717) is 11.1 Å². The van der Waals surface area contributed by atoms with Crippen LogP contribution >= 0.6 is 11.6 Å². The van der Waals surface area contributed by atoms with Crippen LogP contribution in [0, 0.1) is 5.82 Å². The maximum atomic E-state index is 13.1. The van der Waals surface area contributed by atoms with Crippen LogP contribution < -0.4 is 5.76 Å². The number of H-pyrrole nitrogens is 1. The van der Waals surface area contributed by atoms with Crippen molar-refractivity contribution < 1.29 is 13.6 Å². The predicted octanol–water partition coefficient (Wildman–Crippen LogP) is 3.14. The molecule has 0 atom stereocenters. The number of carbonyl (C=O) groups excluding carboxylic acids is 1. The van der Waals surface area contributed by atoms with E-state index < -0.39 is 11.6 Å². The summed E-state index contributed by atoms with van der Waals surface area (Å²) >= 11 is 5.65. The van der Waals surface area contributed by atoms with Gasteiger partial charge in [-0.05, 0) is 36.4 Å². The number of benzene rings is 2. The third-order valence-corrected chi connectivity index (χ3v) is 3.15. The molecule has 0 aliphatic heterocycles.